The normalized spacial score (nSPS) is 38.2. The number of ether oxygens (including phenoxy) is 3. The molecule has 0 aromatic heterocycles. The van der Waals surface area contributed by atoms with Crippen molar-refractivity contribution in [3.8, 4) is 0 Å². The fraction of sp³-hybridized carbons (Fsp3) is 0.429. The van der Waals surface area contributed by atoms with Crippen LogP contribution in [-0.4, -0.2) is 29.2 Å². The van der Waals surface area contributed by atoms with Crippen LogP contribution < -0.4 is 0 Å². The highest BCUT2D eigenvalue weighted by Gasteiger charge is 2.72. The van der Waals surface area contributed by atoms with Gasteiger partial charge in [-0.05, 0) is 0 Å². The van der Waals surface area contributed by atoms with Gasteiger partial charge in [0.05, 0.1) is 0 Å². The summed E-state index contributed by atoms with van der Waals surface area (Å²) in [6.45, 7) is 3.35. The van der Waals surface area contributed by atoms with E-state index in [1.54, 1.807) is 0 Å². The standard InChI is InChI=1S/C7H6O8/c1-2-3-6-7(10,12-4(8)11-6)13-5(9)14-15-6/h2,10H,1,3H2. The summed E-state index contributed by atoms with van der Waals surface area (Å²) in [7, 11) is 0. The van der Waals surface area contributed by atoms with Crippen LogP contribution in [0.3, 0.4) is 0 Å². The van der Waals surface area contributed by atoms with Gasteiger partial charge in [-0.2, -0.15) is 0 Å². The van der Waals surface area contributed by atoms with E-state index in [2.05, 4.69) is 30.6 Å². The number of fused-ring (bicyclic) bond motifs is 1. The Morgan fingerprint density at radius 3 is 2.60 bits per heavy atom. The first-order chi connectivity index (χ1) is 7.01. The maximum atomic E-state index is 10.8. The van der Waals surface area contributed by atoms with Crippen molar-refractivity contribution in [3.63, 3.8) is 0 Å². The lowest BCUT2D eigenvalue weighted by atomic mass is 10.1. The molecule has 2 saturated heterocycles. The van der Waals surface area contributed by atoms with E-state index in [0.717, 1.165) is 0 Å². The first-order valence-electron chi connectivity index (χ1n) is 3.85. The molecule has 0 spiro atoms. The Kier molecular flexibility index (Phi) is 1.85. The summed E-state index contributed by atoms with van der Waals surface area (Å²) in [6.07, 6.45) is -1.54. The molecule has 2 aliphatic heterocycles. The van der Waals surface area contributed by atoms with Gasteiger partial charge in [0.25, 0.3) is 0 Å². The largest absolute Gasteiger partial charge is 0.545 e. The summed E-state index contributed by atoms with van der Waals surface area (Å²) in [5.74, 6) is -4.73. The molecule has 8 heteroatoms. The van der Waals surface area contributed by atoms with E-state index in [-0.39, 0.29) is 6.42 Å². The molecule has 2 fully saturated rings. The highest BCUT2D eigenvalue weighted by atomic mass is 17.3. The molecule has 82 valence electrons. The van der Waals surface area contributed by atoms with Crippen LogP contribution >= 0.6 is 0 Å². The number of aliphatic hydroxyl groups is 1. The Bertz CT molecular complexity index is 338. The van der Waals surface area contributed by atoms with Crippen LogP contribution in [0.5, 0.6) is 0 Å². The third-order valence-corrected chi connectivity index (χ3v) is 1.83. The summed E-state index contributed by atoms with van der Waals surface area (Å²) in [5.41, 5.74) is 0. The maximum absolute atomic E-state index is 10.8. The van der Waals surface area contributed by atoms with Crippen LogP contribution in [0, 0.1) is 0 Å². The fourth-order valence-electron chi connectivity index (χ4n) is 1.20. The zero-order valence-electron chi connectivity index (χ0n) is 7.30. The average molecular weight is 218 g/mol. The van der Waals surface area contributed by atoms with Crippen LogP contribution in [0.1, 0.15) is 6.42 Å². The van der Waals surface area contributed by atoms with Crippen LogP contribution in [0.25, 0.3) is 0 Å². The fourth-order valence-corrected chi connectivity index (χ4v) is 1.20. The predicted octanol–water partition coefficient (Wildman–Crippen LogP) is 0.170. The molecular formula is C7H6O8. The molecule has 0 saturated carbocycles. The molecule has 2 heterocycles. The van der Waals surface area contributed by atoms with Gasteiger partial charge in [-0.3, -0.25) is 4.89 Å². The molecule has 2 unspecified atom stereocenters. The molecule has 0 bridgehead atoms. The van der Waals surface area contributed by atoms with Crippen LogP contribution in [0.2, 0.25) is 0 Å². The molecule has 0 aromatic rings. The Labute approximate surface area is 82.8 Å². The molecule has 15 heavy (non-hydrogen) atoms. The van der Waals surface area contributed by atoms with Crippen LogP contribution in [0.4, 0.5) is 9.59 Å². The number of hydrogen-bond acceptors (Lipinski definition) is 8. The first kappa shape index (κ1) is 9.74. The van der Waals surface area contributed by atoms with Gasteiger partial charge in [0.2, 0.25) is 0 Å². The molecule has 8 nitrogen and oxygen atoms in total. The second kappa shape index (κ2) is 2.84. The summed E-state index contributed by atoms with van der Waals surface area (Å²) in [5, 5.41) is 9.67. The number of carbonyl (C=O) groups excluding carboxylic acids is 2. The first-order valence-corrected chi connectivity index (χ1v) is 3.85. The third kappa shape index (κ3) is 1.22. The molecule has 2 rings (SSSR count). The summed E-state index contributed by atoms with van der Waals surface area (Å²) in [6, 6.07) is 0. The smallest absolute Gasteiger partial charge is 0.386 e. The summed E-state index contributed by atoms with van der Waals surface area (Å²) < 4.78 is 13.1. The quantitative estimate of drug-likeness (QED) is 0.397. The summed E-state index contributed by atoms with van der Waals surface area (Å²) in [4.78, 5) is 30.0. The number of carbonyl (C=O) groups is 2. The lowest BCUT2D eigenvalue weighted by Gasteiger charge is -2.34. The Morgan fingerprint density at radius 2 is 1.93 bits per heavy atom. The lowest BCUT2D eigenvalue weighted by Crippen LogP contribution is -2.59. The van der Waals surface area contributed by atoms with Crippen LogP contribution in [0.15, 0.2) is 12.7 Å². The Balaban J connectivity index is 2.35. The van der Waals surface area contributed by atoms with E-state index >= 15 is 0 Å². The Hall–Kier alpha value is -1.80. The summed E-state index contributed by atoms with van der Waals surface area (Å²) >= 11 is 0. The van der Waals surface area contributed by atoms with E-state index in [4.69, 9.17) is 0 Å². The van der Waals surface area contributed by atoms with E-state index in [1.807, 2.05) is 0 Å². The molecule has 0 amide bonds. The van der Waals surface area contributed by atoms with Gasteiger partial charge < -0.3 is 19.3 Å². The van der Waals surface area contributed by atoms with E-state index in [1.165, 1.54) is 6.08 Å². The minimum atomic E-state index is -2.66. The van der Waals surface area contributed by atoms with Gasteiger partial charge in [-0.15, -0.1) is 11.5 Å². The van der Waals surface area contributed by atoms with Crippen LogP contribution in [-0.2, 0) is 24.0 Å². The molecule has 0 aromatic carbocycles. The predicted molar refractivity (Wildman–Crippen MR) is 38.7 cm³/mol. The highest BCUT2D eigenvalue weighted by molar-refractivity contribution is 5.66. The van der Waals surface area contributed by atoms with Crippen molar-refractivity contribution >= 4 is 12.3 Å². The second-order valence-electron chi connectivity index (χ2n) is 2.80. The zero-order chi connectivity index (χ0) is 11.1. The van der Waals surface area contributed by atoms with Gasteiger partial charge in [-0.1, -0.05) is 6.08 Å². The van der Waals surface area contributed by atoms with Gasteiger partial charge >= 0.3 is 24.1 Å². The van der Waals surface area contributed by atoms with Crippen molar-refractivity contribution in [1.82, 2.24) is 0 Å². The van der Waals surface area contributed by atoms with Crippen molar-refractivity contribution in [2.24, 2.45) is 0 Å². The van der Waals surface area contributed by atoms with Crippen molar-refractivity contribution in [3.05, 3.63) is 12.7 Å². The van der Waals surface area contributed by atoms with Crippen molar-refractivity contribution in [1.29, 1.82) is 0 Å². The SMILES string of the molecule is C=CCC12OOC(=O)OC1(O)OC(=O)O2. The maximum Gasteiger partial charge on any atom is 0.545 e. The van der Waals surface area contributed by atoms with Gasteiger partial charge in [0.15, 0.2) is 0 Å². The topological polar surface area (TPSA) is 101 Å². The molecule has 1 N–H and O–H groups in total. The number of hydrogen-bond donors (Lipinski definition) is 1. The van der Waals surface area contributed by atoms with Crippen molar-refractivity contribution < 1.29 is 38.7 Å². The Morgan fingerprint density at radius 1 is 1.27 bits per heavy atom. The monoisotopic (exact) mass is 218 g/mol. The number of rotatable bonds is 2. The molecule has 2 aliphatic rings. The lowest BCUT2D eigenvalue weighted by molar-refractivity contribution is -0.514. The molecule has 0 aliphatic carbocycles. The van der Waals surface area contributed by atoms with Gasteiger partial charge in [0, 0.05) is 6.42 Å². The van der Waals surface area contributed by atoms with Crippen molar-refractivity contribution in [2.45, 2.75) is 18.2 Å². The van der Waals surface area contributed by atoms with Gasteiger partial charge in [-0.25, -0.2) is 9.59 Å². The second-order valence-corrected chi connectivity index (χ2v) is 2.80. The van der Waals surface area contributed by atoms with E-state index in [0.29, 0.717) is 0 Å². The minimum absolute atomic E-state index is 0.192. The van der Waals surface area contributed by atoms with Gasteiger partial charge in [0.1, 0.15) is 0 Å². The molecular weight excluding hydrogens is 212 g/mol. The highest BCUT2D eigenvalue weighted by Crippen LogP contribution is 2.43. The van der Waals surface area contributed by atoms with E-state index < -0.39 is 24.1 Å². The van der Waals surface area contributed by atoms with Crippen molar-refractivity contribution in [2.75, 3.05) is 0 Å². The van der Waals surface area contributed by atoms with E-state index in [9.17, 15) is 14.7 Å². The average Bonchev–Trinajstić information content (AvgIpc) is 2.36. The third-order valence-electron chi connectivity index (χ3n) is 1.83. The minimum Gasteiger partial charge on any atom is -0.386 e. The molecule has 0 radical (unpaired) electrons. The zero-order valence-corrected chi connectivity index (χ0v) is 7.30. The molecule has 2 atom stereocenters.